The van der Waals surface area contributed by atoms with Gasteiger partial charge in [0.05, 0.1) is 19.5 Å². The number of fused-ring (bicyclic) bond motifs is 1. The number of nitrogen functional groups attached to an aromatic ring is 1. The maximum Gasteiger partial charge on any atom is 0.481 e. The van der Waals surface area contributed by atoms with E-state index in [0.717, 1.165) is 35.8 Å². The summed E-state index contributed by atoms with van der Waals surface area (Å²) in [5.41, 5.74) is 4.35. The number of amides is 2. The van der Waals surface area contributed by atoms with E-state index in [-0.39, 0.29) is 35.9 Å². The van der Waals surface area contributed by atoms with E-state index in [1.165, 1.54) is 84.5 Å². The molecule has 1 aliphatic heterocycles. The lowest BCUT2D eigenvalue weighted by Crippen LogP contribution is -2.46. The van der Waals surface area contributed by atoms with Crippen LogP contribution in [0.3, 0.4) is 0 Å². The van der Waals surface area contributed by atoms with Gasteiger partial charge in [0.1, 0.15) is 36.3 Å². The third-order valence-corrected chi connectivity index (χ3v) is 14.8. The number of phosphoric acid groups is 3. The molecule has 1 aliphatic rings. The molecule has 368 valence electrons. The first-order valence-electron chi connectivity index (χ1n) is 21.6. The van der Waals surface area contributed by atoms with Gasteiger partial charge in [-0.05, 0) is 12.8 Å². The van der Waals surface area contributed by atoms with Crippen molar-refractivity contribution in [1.29, 1.82) is 0 Å². The number of aliphatic hydroxyl groups excluding tert-OH is 2. The second-order valence-corrected chi connectivity index (χ2v) is 22.0. The molecule has 0 aromatic carbocycles. The van der Waals surface area contributed by atoms with E-state index in [4.69, 9.17) is 19.5 Å². The van der Waals surface area contributed by atoms with Gasteiger partial charge in [-0.3, -0.25) is 27.7 Å². The molecule has 8 atom stereocenters. The predicted molar refractivity (Wildman–Crippen MR) is 237 cm³/mol. The van der Waals surface area contributed by atoms with Gasteiger partial charge in [0.2, 0.25) is 11.8 Å². The van der Waals surface area contributed by atoms with Gasteiger partial charge in [0, 0.05) is 35.9 Å². The van der Waals surface area contributed by atoms with Crippen LogP contribution in [0.2, 0.25) is 0 Å². The number of hydrogen-bond acceptors (Lipinski definition) is 17. The molecular weight excluding hydrogens is 923 g/mol. The van der Waals surface area contributed by atoms with Gasteiger partial charge < -0.3 is 50.9 Å². The van der Waals surface area contributed by atoms with E-state index < -0.39 is 78.6 Å². The number of nitrogens with two attached hydrogens (primary N) is 1. The van der Waals surface area contributed by atoms with E-state index >= 15 is 0 Å². The number of rotatable bonds is 33. The van der Waals surface area contributed by atoms with Gasteiger partial charge in [-0.15, -0.1) is 0 Å². The summed E-state index contributed by atoms with van der Waals surface area (Å²) in [6.07, 6.45) is 9.41. The summed E-state index contributed by atoms with van der Waals surface area (Å²) < 4.78 is 62.6. The van der Waals surface area contributed by atoms with Gasteiger partial charge >= 0.3 is 23.5 Å². The highest BCUT2D eigenvalue weighted by Crippen LogP contribution is 2.61. The highest BCUT2D eigenvalue weighted by atomic mass is 32.2. The molecule has 2 aromatic rings. The molecule has 0 bridgehead atoms. The summed E-state index contributed by atoms with van der Waals surface area (Å²) in [7, 11) is -16.4. The van der Waals surface area contributed by atoms with E-state index in [2.05, 4.69) is 48.3 Å². The fourth-order valence-electron chi connectivity index (χ4n) is 6.79. The number of anilines is 1. The second kappa shape index (κ2) is 27.0. The van der Waals surface area contributed by atoms with Gasteiger partial charge in [-0.25, -0.2) is 28.6 Å². The number of carbonyl (C=O) groups excluding carboxylic acids is 2. The van der Waals surface area contributed by atoms with E-state index in [1.54, 1.807) is 0 Å². The van der Waals surface area contributed by atoms with Crippen LogP contribution in [0.4, 0.5) is 5.82 Å². The van der Waals surface area contributed by atoms with Crippen molar-refractivity contribution in [2.24, 2.45) is 5.41 Å². The molecule has 64 heavy (non-hydrogen) atoms. The number of imidazole rings is 1. The molecule has 0 radical (unpaired) electrons. The zero-order valence-electron chi connectivity index (χ0n) is 36.9. The Kier molecular flexibility index (Phi) is 23.7. The molecule has 1 saturated heterocycles. The molecule has 4 unspecified atom stereocenters. The normalized spacial score (nSPS) is 21.0. The SMILES string of the molecule is CCCCCCCCCCC(CCCCC)SCCNC(=O)CCNC(=O)C(O)C(C)(C)COP(=O)(O)OP(=O)(O)OC[C@H]1O[C@@H](n2cnc3c(N)ncnc32)[C@H](O)[C@@H]1OP(=O)(O)O. The van der Waals surface area contributed by atoms with Gasteiger partial charge in [-0.2, -0.15) is 16.1 Å². The number of nitrogens with one attached hydrogen (secondary N) is 2. The Morgan fingerprint density at radius 2 is 1.52 bits per heavy atom. The molecule has 3 heterocycles. The number of ether oxygens (including phenoxy) is 1. The zero-order chi connectivity index (χ0) is 47.6. The summed E-state index contributed by atoms with van der Waals surface area (Å²) in [4.78, 5) is 76.5. The molecule has 0 aliphatic carbocycles. The monoisotopic (exact) mass is 991 g/mol. The van der Waals surface area contributed by atoms with Crippen molar-refractivity contribution >= 4 is 64.0 Å². The maximum atomic E-state index is 12.8. The minimum absolute atomic E-state index is 0.0317. The first kappa shape index (κ1) is 56.2. The topological polar surface area (TPSA) is 347 Å². The Labute approximate surface area is 378 Å². The smallest absolute Gasteiger partial charge is 0.386 e. The van der Waals surface area contributed by atoms with Crippen LogP contribution >= 0.6 is 35.2 Å². The Hall–Kier alpha value is -2.11. The van der Waals surface area contributed by atoms with E-state index in [1.807, 2.05) is 11.8 Å². The van der Waals surface area contributed by atoms with E-state index in [9.17, 15) is 53.1 Å². The minimum Gasteiger partial charge on any atom is -0.386 e. The lowest BCUT2D eigenvalue weighted by atomic mass is 9.87. The highest BCUT2D eigenvalue weighted by molar-refractivity contribution is 7.99. The van der Waals surface area contributed by atoms with Crippen LogP contribution in [-0.2, 0) is 45.9 Å². The Morgan fingerprint density at radius 1 is 0.906 bits per heavy atom. The number of aliphatic hydroxyl groups is 2. The largest absolute Gasteiger partial charge is 0.481 e. The quantitative estimate of drug-likeness (QED) is 0.0348. The minimum atomic E-state index is -5.56. The lowest BCUT2D eigenvalue weighted by Gasteiger charge is -2.30. The van der Waals surface area contributed by atoms with Crippen LogP contribution in [0.15, 0.2) is 12.7 Å². The van der Waals surface area contributed by atoms with Crippen LogP contribution in [0, 0.1) is 5.41 Å². The summed E-state index contributed by atoms with van der Waals surface area (Å²) in [5, 5.41) is 27.5. The van der Waals surface area contributed by atoms with Crippen molar-refractivity contribution in [3.05, 3.63) is 12.7 Å². The van der Waals surface area contributed by atoms with Crippen molar-refractivity contribution in [3.8, 4) is 0 Å². The fourth-order valence-corrected chi connectivity index (χ4v) is 10.8. The third-order valence-electron chi connectivity index (χ3n) is 10.4. The van der Waals surface area contributed by atoms with Crippen LogP contribution < -0.4 is 16.4 Å². The highest BCUT2D eigenvalue weighted by Gasteiger charge is 2.50. The average molecular weight is 992 g/mol. The molecular formula is C37H68N7O16P3S. The second-order valence-electron chi connectivity index (χ2n) is 16.3. The fraction of sp³-hybridized carbons (Fsp3) is 0.811. The zero-order valence-corrected chi connectivity index (χ0v) is 40.4. The molecule has 3 rings (SSSR count). The van der Waals surface area contributed by atoms with Crippen LogP contribution in [0.1, 0.15) is 124 Å². The first-order valence-corrected chi connectivity index (χ1v) is 27.2. The summed E-state index contributed by atoms with van der Waals surface area (Å²) in [6.45, 7) is 5.40. The van der Waals surface area contributed by atoms with Gasteiger partial charge in [-0.1, -0.05) is 98.3 Å². The molecule has 10 N–H and O–H groups in total. The molecule has 27 heteroatoms. The molecule has 1 fully saturated rings. The average Bonchev–Trinajstić information content (AvgIpc) is 3.78. The molecule has 0 spiro atoms. The molecule has 23 nitrogen and oxygen atoms in total. The van der Waals surface area contributed by atoms with Gasteiger partial charge in [0.15, 0.2) is 17.7 Å². The Balaban J connectivity index is 1.42. The van der Waals surface area contributed by atoms with Crippen LogP contribution in [0.25, 0.3) is 11.2 Å². The van der Waals surface area contributed by atoms with Crippen molar-refractivity contribution in [2.75, 3.05) is 37.8 Å². The molecule has 0 saturated carbocycles. The molecule has 2 amide bonds. The molecule has 2 aromatic heterocycles. The summed E-state index contributed by atoms with van der Waals surface area (Å²) >= 11 is 1.88. The number of carbonyl (C=O) groups is 2. The first-order chi connectivity index (χ1) is 30.1. The van der Waals surface area contributed by atoms with Gasteiger partial charge in [0.25, 0.3) is 0 Å². The number of phosphoric ester groups is 3. The Bertz CT molecular complexity index is 1890. The van der Waals surface area contributed by atoms with Crippen molar-refractivity contribution in [3.63, 3.8) is 0 Å². The Morgan fingerprint density at radius 3 is 2.17 bits per heavy atom. The summed E-state index contributed by atoms with van der Waals surface area (Å²) in [6, 6.07) is 0. The standard InChI is InChI=1S/C37H68N7O16P3S/c1-5-7-9-10-11-12-13-15-17-26(16-14-8-6-2)64-21-20-39-28(45)18-19-40-35(48)32(47)37(3,4)23-57-63(54,55)60-62(52,53)56-22-27-31(59-61(49,50)51)30(46)36(58-27)44-25-43-29-33(38)41-24-42-34(29)44/h24-27,30-32,36,46-47H,5-23H2,1-4H3,(H,39,45)(H,40,48)(H,52,53)(H,54,55)(H2,38,41,42)(H2,49,50,51)/t26?,27-,30-,31-,32?,36-/m1/s1. The third kappa shape index (κ3) is 19.6. The summed E-state index contributed by atoms with van der Waals surface area (Å²) in [5.74, 6) is -0.469. The maximum absolute atomic E-state index is 12.8. The van der Waals surface area contributed by atoms with E-state index in [0.29, 0.717) is 11.8 Å². The number of aromatic nitrogens is 4. The van der Waals surface area contributed by atoms with Crippen LogP contribution in [-0.4, -0.2) is 123 Å². The van der Waals surface area contributed by atoms with Crippen molar-refractivity contribution < 1.29 is 75.7 Å². The number of unbranched alkanes of at least 4 members (excludes halogenated alkanes) is 9. The number of thioether (sulfide) groups is 1. The number of hydrogen-bond donors (Lipinski definition) is 9. The number of nitrogens with zero attached hydrogens (tertiary/aromatic N) is 4. The van der Waals surface area contributed by atoms with Crippen molar-refractivity contribution in [2.45, 2.75) is 153 Å². The van der Waals surface area contributed by atoms with Crippen LogP contribution in [0.5, 0.6) is 0 Å². The predicted octanol–water partition coefficient (Wildman–Crippen LogP) is 4.62. The van der Waals surface area contributed by atoms with Crippen molar-refractivity contribution in [1.82, 2.24) is 30.2 Å². The lowest BCUT2D eigenvalue weighted by molar-refractivity contribution is -0.137.